The molecule has 0 spiro atoms. The number of carbonyl (C=O) groups is 2. The fraction of sp³-hybridized carbons (Fsp3) is 0.250. The zero-order valence-corrected chi connectivity index (χ0v) is 14.0. The number of benzene rings is 1. The summed E-state index contributed by atoms with van der Waals surface area (Å²) < 4.78 is 13.0. The van der Waals surface area contributed by atoms with Crippen molar-refractivity contribution in [1.82, 2.24) is 15.3 Å². The molecule has 2 heterocycles. The number of rotatable bonds is 4. The molecular weight excluding hydrogens is 349 g/mol. The van der Waals surface area contributed by atoms with Crippen molar-refractivity contribution in [2.45, 2.75) is 13.0 Å². The summed E-state index contributed by atoms with van der Waals surface area (Å²) in [6.45, 7) is 1.88. The topological polar surface area (TPSA) is 87.2 Å². The van der Waals surface area contributed by atoms with Gasteiger partial charge in [-0.05, 0) is 24.6 Å². The first-order chi connectivity index (χ1) is 11.9. The summed E-state index contributed by atoms with van der Waals surface area (Å²) in [5.74, 6) is -0.500. The van der Waals surface area contributed by atoms with Crippen molar-refractivity contribution in [3.63, 3.8) is 0 Å². The molecule has 0 saturated carbocycles. The molecule has 1 aliphatic rings. The van der Waals surface area contributed by atoms with E-state index in [2.05, 4.69) is 20.6 Å². The number of halogens is 2. The predicted molar refractivity (Wildman–Crippen MR) is 90.8 cm³/mol. The molecule has 9 heteroatoms. The Balaban J connectivity index is 1.80. The van der Waals surface area contributed by atoms with Gasteiger partial charge < -0.3 is 10.2 Å². The van der Waals surface area contributed by atoms with Crippen LogP contribution in [-0.4, -0.2) is 34.9 Å². The van der Waals surface area contributed by atoms with Crippen LogP contribution < -0.4 is 15.5 Å². The van der Waals surface area contributed by atoms with E-state index in [1.807, 2.05) is 6.92 Å². The van der Waals surface area contributed by atoms with Crippen LogP contribution in [0.1, 0.15) is 18.5 Å². The van der Waals surface area contributed by atoms with Crippen LogP contribution in [0.2, 0.25) is 5.15 Å². The highest BCUT2D eigenvalue weighted by molar-refractivity contribution is 6.29. The minimum atomic E-state index is -0.403. The number of nitrogens with zero attached hydrogens (tertiary/aromatic N) is 3. The lowest BCUT2D eigenvalue weighted by molar-refractivity contribution is -0.130. The van der Waals surface area contributed by atoms with Crippen LogP contribution in [0.3, 0.4) is 0 Å². The minimum absolute atomic E-state index is 0.00599. The van der Waals surface area contributed by atoms with Gasteiger partial charge in [-0.1, -0.05) is 23.7 Å². The molecule has 2 N–H and O–H groups in total. The average Bonchev–Trinajstić information content (AvgIpc) is 2.54. The summed E-state index contributed by atoms with van der Waals surface area (Å²) >= 11 is 6.04. The van der Waals surface area contributed by atoms with Crippen molar-refractivity contribution in [3.05, 3.63) is 46.9 Å². The highest BCUT2D eigenvalue weighted by atomic mass is 35.5. The predicted octanol–water partition coefficient (Wildman–Crippen LogP) is 1.90. The van der Waals surface area contributed by atoms with Gasteiger partial charge in [0.05, 0.1) is 19.1 Å². The highest BCUT2D eigenvalue weighted by Crippen LogP contribution is 2.22. The average molecular weight is 364 g/mol. The summed E-state index contributed by atoms with van der Waals surface area (Å²) in [6.07, 6.45) is 0. The Morgan fingerprint density at radius 3 is 2.48 bits per heavy atom. The van der Waals surface area contributed by atoms with Crippen LogP contribution >= 0.6 is 11.6 Å². The smallest absolute Gasteiger partial charge is 0.246 e. The van der Waals surface area contributed by atoms with Crippen molar-refractivity contribution in [2.75, 3.05) is 23.3 Å². The fourth-order valence-corrected chi connectivity index (χ4v) is 2.64. The van der Waals surface area contributed by atoms with Gasteiger partial charge in [-0.3, -0.25) is 14.9 Å². The maximum Gasteiger partial charge on any atom is 0.246 e. The van der Waals surface area contributed by atoms with Crippen LogP contribution in [0.4, 0.5) is 16.2 Å². The van der Waals surface area contributed by atoms with Crippen molar-refractivity contribution < 1.29 is 14.0 Å². The normalized spacial score (nSPS) is 15.7. The number of hydrogen-bond donors (Lipinski definition) is 2. The van der Waals surface area contributed by atoms with Crippen LogP contribution in [-0.2, 0) is 9.59 Å². The highest BCUT2D eigenvalue weighted by Gasteiger charge is 2.24. The Kier molecular flexibility index (Phi) is 4.80. The third kappa shape index (κ3) is 4.21. The van der Waals surface area contributed by atoms with Gasteiger partial charge in [0, 0.05) is 6.07 Å². The molecule has 0 bridgehead atoms. The van der Waals surface area contributed by atoms with Gasteiger partial charge in [-0.2, -0.15) is 4.98 Å². The molecule has 1 atom stereocenters. The maximum absolute atomic E-state index is 13.0. The molecule has 1 fully saturated rings. The quantitative estimate of drug-likeness (QED) is 0.637. The van der Waals surface area contributed by atoms with E-state index in [1.54, 1.807) is 12.1 Å². The van der Waals surface area contributed by atoms with Crippen LogP contribution in [0, 0.1) is 5.82 Å². The largest absolute Gasteiger partial charge is 0.348 e. The second kappa shape index (κ2) is 7.02. The molecule has 25 heavy (non-hydrogen) atoms. The minimum Gasteiger partial charge on any atom is -0.348 e. The summed E-state index contributed by atoms with van der Waals surface area (Å²) in [6, 6.07) is 7.35. The first-order valence-corrected chi connectivity index (χ1v) is 7.93. The van der Waals surface area contributed by atoms with Crippen molar-refractivity contribution >= 4 is 35.2 Å². The fourth-order valence-electron chi connectivity index (χ4n) is 2.46. The van der Waals surface area contributed by atoms with Gasteiger partial charge in [0.25, 0.3) is 0 Å². The Morgan fingerprint density at radius 1 is 1.20 bits per heavy atom. The third-order valence-corrected chi connectivity index (χ3v) is 3.86. The Morgan fingerprint density at radius 2 is 1.84 bits per heavy atom. The number of amides is 2. The van der Waals surface area contributed by atoms with E-state index in [9.17, 15) is 14.0 Å². The molecule has 1 aromatic heterocycles. The molecule has 1 unspecified atom stereocenters. The number of anilines is 2. The summed E-state index contributed by atoms with van der Waals surface area (Å²) in [7, 11) is 0. The van der Waals surface area contributed by atoms with Gasteiger partial charge in [-0.15, -0.1) is 0 Å². The van der Waals surface area contributed by atoms with Crippen LogP contribution in [0.15, 0.2) is 30.3 Å². The second-order valence-corrected chi connectivity index (χ2v) is 6.00. The molecule has 130 valence electrons. The SMILES string of the molecule is CC(Nc1nc(Cl)cc(N2CC(=O)NC(=O)C2)n1)c1ccc(F)cc1. The van der Waals surface area contributed by atoms with Gasteiger partial charge in [0.1, 0.15) is 16.8 Å². The summed E-state index contributed by atoms with van der Waals surface area (Å²) in [4.78, 5) is 33.0. The first-order valence-electron chi connectivity index (χ1n) is 7.55. The van der Waals surface area contributed by atoms with Gasteiger partial charge >= 0.3 is 0 Å². The lowest BCUT2D eigenvalue weighted by Crippen LogP contribution is -2.51. The van der Waals surface area contributed by atoms with Gasteiger partial charge in [-0.25, -0.2) is 9.37 Å². The molecule has 1 aromatic carbocycles. The number of imide groups is 1. The summed E-state index contributed by atoms with van der Waals surface area (Å²) in [5, 5.41) is 5.48. The van der Waals surface area contributed by atoms with E-state index in [0.29, 0.717) is 5.82 Å². The van der Waals surface area contributed by atoms with E-state index >= 15 is 0 Å². The van der Waals surface area contributed by atoms with E-state index in [-0.39, 0.29) is 36.1 Å². The van der Waals surface area contributed by atoms with Crippen LogP contribution in [0.5, 0.6) is 0 Å². The summed E-state index contributed by atoms with van der Waals surface area (Å²) in [5.41, 5.74) is 0.846. The molecule has 0 radical (unpaired) electrons. The van der Waals surface area contributed by atoms with Crippen molar-refractivity contribution in [3.8, 4) is 0 Å². The maximum atomic E-state index is 13.0. The number of hydrogen-bond acceptors (Lipinski definition) is 6. The number of aromatic nitrogens is 2. The molecule has 7 nitrogen and oxygen atoms in total. The van der Waals surface area contributed by atoms with E-state index in [4.69, 9.17) is 11.6 Å². The van der Waals surface area contributed by atoms with Gasteiger partial charge in [0.2, 0.25) is 17.8 Å². The van der Waals surface area contributed by atoms with Crippen LogP contribution in [0.25, 0.3) is 0 Å². The molecule has 3 rings (SSSR count). The lowest BCUT2D eigenvalue weighted by atomic mass is 10.1. The number of nitrogens with one attached hydrogen (secondary N) is 2. The Labute approximate surface area is 148 Å². The number of carbonyl (C=O) groups excluding carboxylic acids is 2. The number of piperazine rings is 1. The molecular formula is C16H15ClFN5O2. The zero-order chi connectivity index (χ0) is 18.0. The van der Waals surface area contributed by atoms with E-state index in [0.717, 1.165) is 5.56 Å². The second-order valence-electron chi connectivity index (χ2n) is 5.62. The monoisotopic (exact) mass is 363 g/mol. The Hall–Kier alpha value is -2.74. The van der Waals surface area contributed by atoms with E-state index < -0.39 is 11.8 Å². The van der Waals surface area contributed by atoms with Crippen molar-refractivity contribution in [1.29, 1.82) is 0 Å². The zero-order valence-electron chi connectivity index (χ0n) is 13.3. The Bertz CT molecular complexity index is 799. The molecule has 2 aromatic rings. The van der Waals surface area contributed by atoms with E-state index in [1.165, 1.54) is 23.1 Å². The van der Waals surface area contributed by atoms with Crippen molar-refractivity contribution in [2.24, 2.45) is 0 Å². The standard InChI is InChI=1S/C16H15ClFN5O2/c1-9(10-2-4-11(18)5-3-10)19-16-20-12(17)6-13(21-16)23-7-14(24)22-15(25)8-23/h2-6,9H,7-8H2,1H3,(H,19,20,21)(H,22,24,25). The first kappa shape index (κ1) is 17.1. The third-order valence-electron chi connectivity index (χ3n) is 3.67. The molecule has 2 amide bonds. The lowest BCUT2D eigenvalue weighted by Gasteiger charge is -2.26. The molecule has 0 aliphatic carbocycles. The molecule has 1 saturated heterocycles. The molecule has 1 aliphatic heterocycles. The van der Waals surface area contributed by atoms with Gasteiger partial charge in [0.15, 0.2) is 0 Å².